The number of hydrogen-bond acceptors (Lipinski definition) is 4. The summed E-state index contributed by atoms with van der Waals surface area (Å²) in [5.74, 6) is -1.20. The summed E-state index contributed by atoms with van der Waals surface area (Å²) >= 11 is 0. The molecule has 1 atom stereocenters. The molecule has 7 heteroatoms. The number of esters is 1. The molecule has 0 spiro atoms. The van der Waals surface area contributed by atoms with Crippen LogP contribution in [-0.4, -0.2) is 27.3 Å². The second kappa shape index (κ2) is 9.85. The fraction of sp³-hybridized carbons (Fsp3) is 0.179. The molecule has 178 valence electrons. The monoisotopic (exact) mass is 469 g/mol. The van der Waals surface area contributed by atoms with Gasteiger partial charge in [-0.15, -0.1) is 0 Å². The normalized spacial score (nSPS) is 11.7. The SMILES string of the molecule is Cc1ccc(-c2ccccc2C(=O)OC(C)C(=O)Nc2c(C)n(C)n(-c3ccccc3)c2=O)cc1. The zero-order chi connectivity index (χ0) is 25.1. The van der Waals surface area contributed by atoms with Crippen LogP contribution in [0, 0.1) is 13.8 Å². The molecular weight excluding hydrogens is 442 g/mol. The highest BCUT2D eigenvalue weighted by molar-refractivity contribution is 6.00. The maximum atomic E-state index is 13.1. The van der Waals surface area contributed by atoms with E-state index in [9.17, 15) is 14.4 Å². The number of benzene rings is 3. The van der Waals surface area contributed by atoms with Crippen molar-refractivity contribution in [2.75, 3.05) is 5.32 Å². The number of ether oxygens (including phenoxy) is 1. The Kier molecular flexibility index (Phi) is 6.68. The predicted octanol–water partition coefficient (Wildman–Crippen LogP) is 4.64. The number of aromatic nitrogens is 2. The molecule has 0 bridgehead atoms. The van der Waals surface area contributed by atoms with Gasteiger partial charge in [0.15, 0.2) is 6.10 Å². The van der Waals surface area contributed by atoms with Crippen LogP contribution in [0.15, 0.2) is 83.7 Å². The summed E-state index contributed by atoms with van der Waals surface area (Å²) in [5, 5.41) is 2.65. The number of aryl methyl sites for hydroxylation is 1. The number of carbonyl (C=O) groups excluding carboxylic acids is 2. The van der Waals surface area contributed by atoms with Crippen LogP contribution in [0.5, 0.6) is 0 Å². The summed E-state index contributed by atoms with van der Waals surface area (Å²) in [7, 11) is 1.74. The van der Waals surface area contributed by atoms with Crippen molar-refractivity contribution in [3.05, 3.63) is 106 Å². The molecule has 7 nitrogen and oxygen atoms in total. The number of nitrogens with zero attached hydrogens (tertiary/aromatic N) is 2. The zero-order valence-corrected chi connectivity index (χ0v) is 20.1. The molecule has 1 heterocycles. The summed E-state index contributed by atoms with van der Waals surface area (Å²) in [6.07, 6.45) is -1.11. The van der Waals surface area contributed by atoms with E-state index in [1.807, 2.05) is 73.7 Å². The fourth-order valence-corrected chi connectivity index (χ4v) is 3.86. The van der Waals surface area contributed by atoms with E-state index in [4.69, 9.17) is 4.74 Å². The van der Waals surface area contributed by atoms with Crippen LogP contribution in [0.25, 0.3) is 16.8 Å². The van der Waals surface area contributed by atoms with Crippen molar-refractivity contribution in [3.63, 3.8) is 0 Å². The number of carbonyl (C=O) groups is 2. The van der Waals surface area contributed by atoms with Crippen molar-refractivity contribution in [2.24, 2.45) is 7.05 Å². The Labute approximate surface area is 203 Å². The Morgan fingerprint density at radius 1 is 0.886 bits per heavy atom. The molecule has 0 aliphatic rings. The van der Waals surface area contributed by atoms with Crippen LogP contribution in [0.3, 0.4) is 0 Å². The molecule has 1 amide bonds. The topological polar surface area (TPSA) is 82.3 Å². The van der Waals surface area contributed by atoms with Crippen LogP contribution in [0.4, 0.5) is 5.69 Å². The van der Waals surface area contributed by atoms with Crippen molar-refractivity contribution >= 4 is 17.6 Å². The van der Waals surface area contributed by atoms with Gasteiger partial charge < -0.3 is 10.1 Å². The Morgan fingerprint density at radius 3 is 2.20 bits per heavy atom. The van der Waals surface area contributed by atoms with Gasteiger partial charge in [-0.3, -0.25) is 14.3 Å². The van der Waals surface area contributed by atoms with Crippen LogP contribution in [0.1, 0.15) is 28.5 Å². The molecule has 1 N–H and O–H groups in total. The van der Waals surface area contributed by atoms with Gasteiger partial charge in [0, 0.05) is 7.05 Å². The Morgan fingerprint density at radius 2 is 1.51 bits per heavy atom. The molecule has 0 aliphatic heterocycles. The fourth-order valence-electron chi connectivity index (χ4n) is 3.86. The Bertz CT molecular complexity index is 1430. The average Bonchev–Trinajstić information content (AvgIpc) is 3.07. The van der Waals surface area contributed by atoms with E-state index >= 15 is 0 Å². The molecule has 35 heavy (non-hydrogen) atoms. The summed E-state index contributed by atoms with van der Waals surface area (Å²) in [6, 6.07) is 24.1. The highest BCUT2D eigenvalue weighted by Gasteiger charge is 2.24. The summed E-state index contributed by atoms with van der Waals surface area (Å²) in [6.45, 7) is 5.22. The van der Waals surface area contributed by atoms with Crippen LogP contribution in [-0.2, 0) is 16.6 Å². The van der Waals surface area contributed by atoms with Gasteiger partial charge in [0.25, 0.3) is 11.5 Å². The number of para-hydroxylation sites is 1. The molecule has 0 fully saturated rings. The molecule has 0 radical (unpaired) electrons. The van der Waals surface area contributed by atoms with Gasteiger partial charge in [0.05, 0.1) is 16.9 Å². The first kappa shape index (κ1) is 23.8. The first-order chi connectivity index (χ1) is 16.8. The zero-order valence-electron chi connectivity index (χ0n) is 20.1. The molecule has 0 saturated heterocycles. The lowest BCUT2D eigenvalue weighted by Gasteiger charge is -2.15. The Hall–Kier alpha value is -4.39. The lowest BCUT2D eigenvalue weighted by Crippen LogP contribution is -2.32. The second-order valence-electron chi connectivity index (χ2n) is 8.38. The minimum absolute atomic E-state index is 0.143. The molecule has 1 unspecified atom stereocenters. The molecule has 0 saturated carbocycles. The van der Waals surface area contributed by atoms with Crippen molar-refractivity contribution < 1.29 is 14.3 Å². The van der Waals surface area contributed by atoms with Crippen molar-refractivity contribution in [1.29, 1.82) is 0 Å². The minimum Gasteiger partial charge on any atom is -0.449 e. The third-order valence-electron chi connectivity index (χ3n) is 5.97. The molecule has 0 aliphatic carbocycles. The number of rotatable bonds is 6. The van der Waals surface area contributed by atoms with E-state index in [-0.39, 0.29) is 11.2 Å². The molecule has 3 aromatic carbocycles. The quantitative estimate of drug-likeness (QED) is 0.417. The van der Waals surface area contributed by atoms with Crippen LogP contribution < -0.4 is 10.9 Å². The lowest BCUT2D eigenvalue weighted by atomic mass is 9.99. The second-order valence-corrected chi connectivity index (χ2v) is 8.38. The minimum atomic E-state index is -1.11. The molecule has 1 aromatic heterocycles. The van der Waals surface area contributed by atoms with Gasteiger partial charge in [0.2, 0.25) is 0 Å². The highest BCUT2D eigenvalue weighted by Crippen LogP contribution is 2.25. The average molecular weight is 470 g/mol. The van der Waals surface area contributed by atoms with Gasteiger partial charge in [-0.2, -0.15) is 0 Å². The van der Waals surface area contributed by atoms with Gasteiger partial charge in [-0.1, -0.05) is 66.2 Å². The molecular formula is C28H27N3O4. The van der Waals surface area contributed by atoms with Crippen LogP contribution in [0.2, 0.25) is 0 Å². The standard InChI is InChI=1S/C28H27N3O4/c1-18-14-16-21(17-15-18)23-12-8-9-13-24(23)28(34)35-20(3)26(32)29-25-19(2)30(4)31(27(25)33)22-10-6-5-7-11-22/h5-17,20H,1-4H3,(H,29,32). The summed E-state index contributed by atoms with van der Waals surface area (Å²) in [5.41, 5.74) is 4.10. The van der Waals surface area contributed by atoms with E-state index in [1.54, 1.807) is 30.8 Å². The van der Waals surface area contributed by atoms with E-state index in [1.165, 1.54) is 11.6 Å². The smallest absolute Gasteiger partial charge is 0.339 e. The van der Waals surface area contributed by atoms with Gasteiger partial charge >= 0.3 is 5.97 Å². The summed E-state index contributed by atoms with van der Waals surface area (Å²) < 4.78 is 8.63. The Balaban J connectivity index is 1.53. The molecule has 4 aromatic rings. The number of hydrogen-bond donors (Lipinski definition) is 1. The largest absolute Gasteiger partial charge is 0.449 e. The lowest BCUT2D eigenvalue weighted by molar-refractivity contribution is -0.123. The predicted molar refractivity (Wildman–Crippen MR) is 136 cm³/mol. The number of nitrogens with one attached hydrogen (secondary N) is 1. The van der Waals surface area contributed by atoms with Gasteiger partial charge in [0.1, 0.15) is 5.69 Å². The maximum absolute atomic E-state index is 13.1. The summed E-state index contributed by atoms with van der Waals surface area (Å²) in [4.78, 5) is 38.9. The van der Waals surface area contributed by atoms with E-state index in [0.29, 0.717) is 16.9 Å². The highest BCUT2D eigenvalue weighted by atomic mass is 16.5. The number of amides is 1. The number of anilines is 1. The van der Waals surface area contributed by atoms with E-state index < -0.39 is 18.0 Å². The van der Waals surface area contributed by atoms with Crippen molar-refractivity contribution in [2.45, 2.75) is 26.9 Å². The third kappa shape index (κ3) is 4.80. The van der Waals surface area contributed by atoms with E-state index in [0.717, 1.165) is 16.7 Å². The van der Waals surface area contributed by atoms with Gasteiger partial charge in [-0.25, -0.2) is 9.48 Å². The van der Waals surface area contributed by atoms with E-state index in [2.05, 4.69) is 5.32 Å². The third-order valence-corrected chi connectivity index (χ3v) is 5.97. The first-order valence-electron chi connectivity index (χ1n) is 11.3. The maximum Gasteiger partial charge on any atom is 0.339 e. The van der Waals surface area contributed by atoms with Crippen LogP contribution >= 0.6 is 0 Å². The van der Waals surface area contributed by atoms with Crippen molar-refractivity contribution in [3.8, 4) is 16.8 Å². The van der Waals surface area contributed by atoms with Gasteiger partial charge in [-0.05, 0) is 50.1 Å². The first-order valence-corrected chi connectivity index (χ1v) is 11.3. The van der Waals surface area contributed by atoms with Crippen molar-refractivity contribution in [1.82, 2.24) is 9.36 Å². The molecule has 4 rings (SSSR count).